The van der Waals surface area contributed by atoms with Gasteiger partial charge in [0.1, 0.15) is 0 Å². The molecular formula is C22H23N5O3S. The fourth-order valence-electron chi connectivity index (χ4n) is 3.48. The number of nitrogens with zero attached hydrogens (tertiary/aromatic N) is 4. The van der Waals surface area contributed by atoms with Gasteiger partial charge >= 0.3 is 0 Å². The van der Waals surface area contributed by atoms with Gasteiger partial charge in [-0.3, -0.25) is 4.79 Å². The number of aromatic nitrogens is 2. The van der Waals surface area contributed by atoms with Crippen LogP contribution in [0.1, 0.15) is 6.92 Å². The van der Waals surface area contributed by atoms with E-state index in [9.17, 15) is 13.2 Å². The first-order valence-electron chi connectivity index (χ1n) is 9.95. The summed E-state index contributed by atoms with van der Waals surface area (Å²) in [6, 6.07) is 19.9. The molecule has 160 valence electrons. The lowest BCUT2D eigenvalue weighted by Crippen LogP contribution is -2.49. The average molecular weight is 438 g/mol. The van der Waals surface area contributed by atoms with Gasteiger partial charge in [0, 0.05) is 44.4 Å². The molecule has 1 amide bonds. The topological polar surface area (TPSA) is 95.5 Å². The number of carbonyl (C=O) groups excluding carboxylic acids is 1. The molecule has 4 rings (SSSR count). The van der Waals surface area contributed by atoms with E-state index < -0.39 is 10.0 Å². The second-order valence-corrected chi connectivity index (χ2v) is 9.18. The lowest BCUT2D eigenvalue weighted by molar-refractivity contribution is -0.114. The van der Waals surface area contributed by atoms with Crippen molar-refractivity contribution in [3.8, 4) is 11.3 Å². The Hall–Kier alpha value is -3.30. The van der Waals surface area contributed by atoms with Crippen LogP contribution < -0.4 is 10.2 Å². The molecule has 1 aromatic heterocycles. The van der Waals surface area contributed by atoms with Crippen LogP contribution in [0, 0.1) is 0 Å². The largest absolute Gasteiger partial charge is 0.352 e. The Labute approximate surface area is 181 Å². The van der Waals surface area contributed by atoms with Crippen LogP contribution in [0.25, 0.3) is 11.3 Å². The molecule has 1 N–H and O–H groups in total. The van der Waals surface area contributed by atoms with E-state index in [-0.39, 0.29) is 10.8 Å². The lowest BCUT2D eigenvalue weighted by Gasteiger charge is -2.34. The van der Waals surface area contributed by atoms with Gasteiger partial charge in [-0.2, -0.15) is 4.31 Å². The summed E-state index contributed by atoms with van der Waals surface area (Å²) in [5.41, 5.74) is 2.36. The number of rotatable bonds is 5. The Morgan fingerprint density at radius 1 is 0.871 bits per heavy atom. The number of hydrogen-bond acceptors (Lipinski definition) is 6. The Morgan fingerprint density at radius 3 is 2.13 bits per heavy atom. The van der Waals surface area contributed by atoms with E-state index in [0.29, 0.717) is 31.9 Å². The van der Waals surface area contributed by atoms with Crippen molar-refractivity contribution in [2.24, 2.45) is 0 Å². The maximum atomic E-state index is 13.0. The van der Waals surface area contributed by atoms with Gasteiger partial charge in [0.2, 0.25) is 15.9 Å². The first-order valence-corrected chi connectivity index (χ1v) is 11.4. The molecule has 8 nitrogen and oxygen atoms in total. The van der Waals surface area contributed by atoms with Crippen LogP contribution in [0.2, 0.25) is 0 Å². The minimum atomic E-state index is -3.60. The fourth-order valence-corrected chi connectivity index (χ4v) is 4.90. The molecule has 31 heavy (non-hydrogen) atoms. The highest BCUT2D eigenvalue weighted by molar-refractivity contribution is 7.89. The van der Waals surface area contributed by atoms with E-state index in [2.05, 4.69) is 15.5 Å². The van der Waals surface area contributed by atoms with E-state index in [1.165, 1.54) is 23.4 Å². The van der Waals surface area contributed by atoms with Crippen molar-refractivity contribution in [2.45, 2.75) is 11.8 Å². The zero-order valence-corrected chi connectivity index (χ0v) is 17.9. The van der Waals surface area contributed by atoms with Crippen molar-refractivity contribution in [2.75, 3.05) is 36.4 Å². The predicted octanol–water partition coefficient (Wildman–Crippen LogP) is 2.61. The summed E-state index contributed by atoms with van der Waals surface area (Å²) < 4.78 is 27.4. The number of sulfonamides is 1. The van der Waals surface area contributed by atoms with Crippen LogP contribution in [0.15, 0.2) is 71.6 Å². The molecule has 0 radical (unpaired) electrons. The number of amides is 1. The Kier molecular flexibility index (Phi) is 5.97. The Morgan fingerprint density at radius 2 is 1.55 bits per heavy atom. The zero-order chi connectivity index (χ0) is 21.8. The van der Waals surface area contributed by atoms with E-state index in [0.717, 1.165) is 17.1 Å². The number of hydrogen-bond donors (Lipinski definition) is 1. The van der Waals surface area contributed by atoms with Gasteiger partial charge in [0.05, 0.1) is 10.6 Å². The third-order valence-corrected chi connectivity index (χ3v) is 7.01. The van der Waals surface area contributed by atoms with Crippen LogP contribution in [0.4, 0.5) is 11.5 Å². The van der Waals surface area contributed by atoms with Gasteiger partial charge in [0.15, 0.2) is 5.82 Å². The zero-order valence-electron chi connectivity index (χ0n) is 17.1. The molecule has 0 unspecified atom stereocenters. The van der Waals surface area contributed by atoms with Crippen molar-refractivity contribution in [1.29, 1.82) is 0 Å². The normalized spacial score (nSPS) is 14.9. The minimum absolute atomic E-state index is 0.202. The third-order valence-electron chi connectivity index (χ3n) is 5.10. The second-order valence-electron chi connectivity index (χ2n) is 7.24. The monoisotopic (exact) mass is 437 g/mol. The first-order chi connectivity index (χ1) is 14.9. The molecule has 3 aromatic rings. The standard InChI is InChI=1S/C22H23N5O3S/c1-17(28)23-19-7-9-20(10-8-19)31(29,30)27-15-13-26(14-16-27)22-12-11-21(24-25-22)18-5-3-2-4-6-18/h2-12H,13-16H2,1H3,(H,23,28). The van der Waals surface area contributed by atoms with Crippen molar-refractivity contribution >= 4 is 27.4 Å². The molecule has 0 saturated carbocycles. The van der Waals surface area contributed by atoms with E-state index in [1.54, 1.807) is 12.1 Å². The highest BCUT2D eigenvalue weighted by Gasteiger charge is 2.29. The van der Waals surface area contributed by atoms with E-state index >= 15 is 0 Å². The molecule has 9 heteroatoms. The summed E-state index contributed by atoms with van der Waals surface area (Å²) in [5, 5.41) is 11.3. The van der Waals surface area contributed by atoms with Gasteiger partial charge < -0.3 is 10.2 Å². The molecule has 2 heterocycles. The molecule has 2 aromatic carbocycles. The van der Waals surface area contributed by atoms with Crippen LogP contribution >= 0.6 is 0 Å². The van der Waals surface area contributed by atoms with Gasteiger partial charge in [-0.25, -0.2) is 8.42 Å². The molecular weight excluding hydrogens is 414 g/mol. The average Bonchev–Trinajstić information content (AvgIpc) is 2.80. The highest BCUT2D eigenvalue weighted by atomic mass is 32.2. The fraction of sp³-hybridized carbons (Fsp3) is 0.227. The highest BCUT2D eigenvalue weighted by Crippen LogP contribution is 2.22. The molecule has 0 aliphatic carbocycles. The summed E-state index contributed by atoms with van der Waals surface area (Å²) >= 11 is 0. The SMILES string of the molecule is CC(=O)Nc1ccc(S(=O)(=O)N2CCN(c3ccc(-c4ccccc4)nn3)CC2)cc1. The van der Waals surface area contributed by atoms with Crippen molar-refractivity contribution in [3.05, 3.63) is 66.7 Å². The van der Waals surface area contributed by atoms with Gasteiger partial charge in [-0.05, 0) is 36.4 Å². The molecule has 1 aliphatic heterocycles. The number of anilines is 2. The number of benzene rings is 2. The molecule has 1 fully saturated rings. The summed E-state index contributed by atoms with van der Waals surface area (Å²) in [5.74, 6) is 0.531. The van der Waals surface area contributed by atoms with Gasteiger partial charge in [-0.1, -0.05) is 30.3 Å². The van der Waals surface area contributed by atoms with E-state index in [1.807, 2.05) is 47.4 Å². The second kappa shape index (κ2) is 8.83. The summed E-state index contributed by atoms with van der Waals surface area (Å²) in [6.07, 6.45) is 0. The Bertz CT molecular complexity index is 1140. The number of piperazine rings is 1. The number of carbonyl (C=O) groups is 1. The number of nitrogens with one attached hydrogen (secondary N) is 1. The van der Waals surface area contributed by atoms with Gasteiger partial charge in [-0.15, -0.1) is 10.2 Å². The minimum Gasteiger partial charge on any atom is -0.352 e. The maximum Gasteiger partial charge on any atom is 0.243 e. The van der Waals surface area contributed by atoms with E-state index in [4.69, 9.17) is 0 Å². The quantitative estimate of drug-likeness (QED) is 0.659. The molecule has 1 aliphatic rings. The lowest BCUT2D eigenvalue weighted by atomic mass is 10.1. The molecule has 0 bridgehead atoms. The van der Waals surface area contributed by atoms with Crippen molar-refractivity contribution < 1.29 is 13.2 Å². The van der Waals surface area contributed by atoms with Crippen LogP contribution in [-0.2, 0) is 14.8 Å². The smallest absolute Gasteiger partial charge is 0.243 e. The molecule has 0 atom stereocenters. The van der Waals surface area contributed by atoms with Crippen LogP contribution in [0.5, 0.6) is 0 Å². The third kappa shape index (κ3) is 4.73. The first kappa shape index (κ1) is 21.0. The van der Waals surface area contributed by atoms with Crippen LogP contribution in [-0.4, -0.2) is 55.0 Å². The predicted molar refractivity (Wildman–Crippen MR) is 119 cm³/mol. The van der Waals surface area contributed by atoms with Crippen molar-refractivity contribution in [3.63, 3.8) is 0 Å². The summed E-state index contributed by atoms with van der Waals surface area (Å²) in [6.45, 7) is 3.19. The van der Waals surface area contributed by atoms with Gasteiger partial charge in [0.25, 0.3) is 0 Å². The van der Waals surface area contributed by atoms with Crippen molar-refractivity contribution in [1.82, 2.24) is 14.5 Å². The molecule has 0 spiro atoms. The molecule has 1 saturated heterocycles. The summed E-state index contributed by atoms with van der Waals surface area (Å²) in [7, 11) is -3.60. The Balaban J connectivity index is 1.40. The summed E-state index contributed by atoms with van der Waals surface area (Å²) in [4.78, 5) is 13.4. The maximum absolute atomic E-state index is 13.0. The van der Waals surface area contributed by atoms with Crippen LogP contribution in [0.3, 0.4) is 0 Å².